The average Bonchev–Trinajstić information content (AvgIpc) is 2.91. The smallest absolute Gasteiger partial charge is 0.412 e. The highest BCUT2D eigenvalue weighted by Gasteiger charge is 2.36. The highest BCUT2D eigenvalue weighted by atomic mass is 35.5. The van der Waals surface area contributed by atoms with Gasteiger partial charge in [-0.25, -0.2) is 0 Å². The van der Waals surface area contributed by atoms with Gasteiger partial charge in [0.15, 0.2) is 0 Å². The van der Waals surface area contributed by atoms with Crippen molar-refractivity contribution in [1.29, 1.82) is 0 Å². The van der Waals surface area contributed by atoms with Gasteiger partial charge < -0.3 is 22.2 Å². The first-order valence-corrected chi connectivity index (χ1v) is 14.4. The number of rotatable bonds is 10. The van der Waals surface area contributed by atoms with E-state index in [1.165, 1.54) is 43.4 Å². The second-order valence-electron chi connectivity index (χ2n) is 11.2. The minimum absolute atomic E-state index is 0. The van der Waals surface area contributed by atoms with Gasteiger partial charge in [0.05, 0.1) is 4.92 Å². The maximum absolute atomic E-state index is 10.1. The molecule has 0 bridgehead atoms. The van der Waals surface area contributed by atoms with Gasteiger partial charge in [0, 0.05) is 17.8 Å². The Balaban J connectivity index is -0.0000000377. The number of hydrogen-bond donors (Lipinski definition) is 1. The van der Waals surface area contributed by atoms with Crippen molar-refractivity contribution in [3.63, 3.8) is 0 Å². The summed E-state index contributed by atoms with van der Waals surface area (Å²) < 4.78 is 0. The Morgan fingerprint density at radius 2 is 1.12 bits per heavy atom. The fourth-order valence-corrected chi connectivity index (χ4v) is 4.72. The topological polar surface area (TPSA) is 164 Å². The van der Waals surface area contributed by atoms with Crippen LogP contribution in [-0.4, -0.2) is 21.4 Å². The number of nitrogen functional groups attached to an aromatic ring is 1. The van der Waals surface area contributed by atoms with Crippen molar-refractivity contribution in [3.8, 4) is 0 Å². The standard InChI is InChI=1S/C16H27N.C10H22.C7H7NO2.CH4.ClH.3H2O/c1-6-12(3)16(5,13(4)7-2)14-8-10-15(17)11-9-14;1-6-8(3)10(5)9(4)7-2;1-6-2-4-7(5-3-6)8(9)10;;;;;/h8-13H,6-7,17H2,1-5H3;8-10H,6-7H2,1-5H3;2-5H,1H3;1H4;1H;3*1H2/p+6. The Morgan fingerprint density at radius 3 is 1.40 bits per heavy atom. The average molecular weight is 625 g/mol. The molecule has 0 spiro atoms. The lowest BCUT2D eigenvalue weighted by Gasteiger charge is -2.41. The number of nitro groups is 1. The zero-order valence-electron chi connectivity index (χ0n) is 33.6. The molecule has 7 nitrogen and oxygen atoms in total. The van der Waals surface area contributed by atoms with Gasteiger partial charge in [-0.15, -0.1) is 12.4 Å². The molecule has 0 aliphatic carbocycles. The summed E-state index contributed by atoms with van der Waals surface area (Å²) in [6, 6.07) is 14.9. The summed E-state index contributed by atoms with van der Waals surface area (Å²) in [5, 5.41) is 10.1. The zero-order chi connectivity index (χ0) is 28.8. The zero-order valence-corrected chi connectivity index (χ0v) is 28.4. The predicted octanol–water partition coefficient (Wildman–Crippen LogP) is 9.50. The molecule has 2 aromatic carbocycles. The van der Waals surface area contributed by atoms with Crippen LogP contribution in [0.5, 0.6) is 0 Å². The van der Waals surface area contributed by atoms with Gasteiger partial charge in [0.25, 0.3) is 5.69 Å². The van der Waals surface area contributed by atoms with Crippen LogP contribution in [0.25, 0.3) is 0 Å². The van der Waals surface area contributed by atoms with Crippen LogP contribution in [-0.2, 0) is 5.41 Å². The van der Waals surface area contributed by atoms with Crippen LogP contribution in [0.4, 0.5) is 11.4 Å². The highest BCUT2D eigenvalue weighted by molar-refractivity contribution is 5.85. The molecule has 8 heteroatoms. The number of nitrogens with zero attached hydrogens (tertiary/aromatic N) is 1. The highest BCUT2D eigenvalue weighted by Crippen LogP contribution is 2.42. The maximum atomic E-state index is 10.1. The number of benzene rings is 2. The summed E-state index contributed by atoms with van der Waals surface area (Å²) in [5.41, 5.74) is 9.49. The van der Waals surface area contributed by atoms with E-state index in [2.05, 4.69) is 81.4 Å². The molecular formula is C34H73ClN2O5+6. The molecule has 42 heavy (non-hydrogen) atoms. The third-order valence-corrected chi connectivity index (χ3v) is 9.13. The number of nitrogens with two attached hydrogens (primary N) is 1. The molecule has 4 unspecified atom stereocenters. The lowest BCUT2D eigenvalue weighted by atomic mass is 9.63. The molecule has 4 atom stereocenters. The van der Waals surface area contributed by atoms with Crippen molar-refractivity contribution < 1.29 is 29.9 Å². The third-order valence-electron chi connectivity index (χ3n) is 9.13. The Labute approximate surface area is 273 Å². The summed E-state index contributed by atoms with van der Waals surface area (Å²) >= 11 is 0. The van der Waals surface area contributed by atoms with Gasteiger partial charge >= 0.3 is 8.56 Å². The van der Waals surface area contributed by atoms with E-state index in [9.17, 15) is 10.1 Å². The largest absolute Gasteiger partial charge is 1.00 e. The number of hydrogen-bond acceptors (Lipinski definition) is 3. The first-order chi connectivity index (χ1) is 17.3. The van der Waals surface area contributed by atoms with Gasteiger partial charge in [-0.1, -0.05) is 132 Å². The third kappa shape index (κ3) is 16.4. The van der Waals surface area contributed by atoms with Gasteiger partial charge in [0.2, 0.25) is 0 Å². The van der Waals surface area contributed by atoms with Gasteiger partial charge in [-0.05, 0) is 59.6 Å². The number of non-ortho nitro benzene ring substituents is 1. The van der Waals surface area contributed by atoms with E-state index in [-0.39, 0.29) is 55.9 Å². The van der Waals surface area contributed by atoms with E-state index in [1.807, 2.05) is 19.1 Å². The summed E-state index contributed by atoms with van der Waals surface area (Å²) in [5.74, 6) is 4.06. The van der Waals surface area contributed by atoms with Gasteiger partial charge in [0.1, 0.15) is 0 Å². The normalized spacial score (nSPS) is 14.5. The van der Waals surface area contributed by atoms with Crippen molar-refractivity contribution in [2.75, 3.05) is 5.73 Å². The van der Waals surface area contributed by atoms with Crippen molar-refractivity contribution in [2.45, 2.75) is 115 Å². The number of halogens is 1. The Kier molecular flexibility index (Phi) is 33.0. The minimum Gasteiger partial charge on any atom is -0.412 e. The van der Waals surface area contributed by atoms with Crippen molar-refractivity contribution in [3.05, 3.63) is 69.8 Å². The van der Waals surface area contributed by atoms with Crippen LogP contribution in [0.2, 0.25) is 0 Å². The molecule has 0 saturated heterocycles. The first-order valence-electron chi connectivity index (χ1n) is 14.4. The SMILES string of the molecule is C.CCC(C)C(C)(c1ccc(N)cc1)C(C)CC.CCC(C)C(C)C(C)CC.Cc1ccc([N+](=O)[O-])cc1.Cl.O.O.O.[H+].[H+].[H+].[H+].[H+].[H+]. The first kappa shape index (κ1) is 52.5. The molecule has 2 rings (SSSR count). The lowest BCUT2D eigenvalue weighted by Crippen LogP contribution is -2.36. The lowest BCUT2D eigenvalue weighted by molar-refractivity contribution is -0.384. The molecule has 0 radical (unpaired) electrons. The molecule has 0 aliphatic heterocycles. The number of aryl methyl sites for hydroxylation is 1. The van der Waals surface area contributed by atoms with Gasteiger partial charge in [-0.2, -0.15) is 0 Å². The molecule has 0 aliphatic rings. The summed E-state index contributed by atoms with van der Waals surface area (Å²) in [6.45, 7) is 25.2. The van der Waals surface area contributed by atoms with Crippen LogP contribution < -0.4 is 5.73 Å². The fraction of sp³-hybridized carbons (Fsp3) is 0.647. The Morgan fingerprint density at radius 1 is 0.762 bits per heavy atom. The molecule has 2 aromatic rings. The van der Waals surface area contributed by atoms with Crippen LogP contribution >= 0.6 is 12.4 Å². The molecule has 8 N–H and O–H groups in total. The van der Waals surface area contributed by atoms with Crippen molar-refractivity contribution in [2.24, 2.45) is 29.6 Å². The molecular weight excluding hydrogens is 552 g/mol. The predicted molar refractivity (Wildman–Crippen MR) is 195 cm³/mol. The number of anilines is 1. The summed E-state index contributed by atoms with van der Waals surface area (Å²) in [6.07, 6.45) is 5.08. The van der Waals surface area contributed by atoms with Gasteiger partial charge in [-0.3, -0.25) is 10.1 Å². The van der Waals surface area contributed by atoms with Crippen LogP contribution in [0.15, 0.2) is 48.5 Å². The maximum Gasteiger partial charge on any atom is 1.00 e. The molecule has 0 heterocycles. The molecule has 0 fully saturated rings. The second-order valence-corrected chi connectivity index (χ2v) is 11.2. The van der Waals surface area contributed by atoms with Crippen molar-refractivity contribution >= 4 is 23.8 Å². The summed E-state index contributed by atoms with van der Waals surface area (Å²) in [7, 11) is 0. The summed E-state index contributed by atoms with van der Waals surface area (Å²) in [4.78, 5) is 9.71. The van der Waals surface area contributed by atoms with Crippen LogP contribution in [0.1, 0.15) is 122 Å². The molecule has 0 amide bonds. The van der Waals surface area contributed by atoms with E-state index >= 15 is 0 Å². The fourth-order valence-electron chi connectivity index (χ4n) is 4.72. The molecule has 0 aromatic heterocycles. The van der Waals surface area contributed by atoms with E-state index < -0.39 is 4.92 Å². The quantitative estimate of drug-likeness (QED) is 0.158. The monoisotopic (exact) mass is 625 g/mol. The van der Waals surface area contributed by atoms with Crippen molar-refractivity contribution in [1.82, 2.24) is 0 Å². The second kappa shape index (κ2) is 26.4. The Bertz CT molecular complexity index is 900. The van der Waals surface area contributed by atoms with Crippen LogP contribution in [0.3, 0.4) is 0 Å². The van der Waals surface area contributed by atoms with Crippen LogP contribution in [0, 0.1) is 46.6 Å². The van der Waals surface area contributed by atoms with E-state index in [4.69, 9.17) is 5.73 Å². The Hall–Kier alpha value is -2.19. The molecule has 250 valence electrons. The van der Waals surface area contributed by atoms with E-state index in [1.54, 1.807) is 12.1 Å². The molecule has 0 saturated carbocycles. The van der Waals surface area contributed by atoms with E-state index in [0.717, 1.165) is 29.0 Å². The minimum atomic E-state index is -0.403. The van der Waals surface area contributed by atoms with E-state index in [0.29, 0.717) is 11.8 Å². The number of nitro benzene ring substituents is 1.